The molecule has 1 aromatic carbocycles. The van der Waals surface area contributed by atoms with Crippen LogP contribution in [-0.4, -0.2) is 17.6 Å². The Bertz CT molecular complexity index is 429. The van der Waals surface area contributed by atoms with Gasteiger partial charge in [-0.2, -0.15) is 0 Å². The predicted molar refractivity (Wildman–Crippen MR) is 69.9 cm³/mol. The van der Waals surface area contributed by atoms with Gasteiger partial charge in [0.1, 0.15) is 0 Å². The molecule has 1 aromatic rings. The zero-order valence-electron chi connectivity index (χ0n) is 9.53. The second-order valence-electron chi connectivity index (χ2n) is 4.66. The van der Waals surface area contributed by atoms with Gasteiger partial charge in [-0.25, -0.2) is 0 Å². The molecule has 1 aliphatic carbocycles. The van der Waals surface area contributed by atoms with Crippen molar-refractivity contribution in [1.29, 1.82) is 0 Å². The normalized spacial score (nSPS) is 19.4. The van der Waals surface area contributed by atoms with Crippen LogP contribution >= 0.6 is 15.9 Å². The molecule has 0 bridgehead atoms. The fraction of sp³-hybridized carbons (Fsp3) is 0.462. The van der Waals surface area contributed by atoms with E-state index < -0.39 is 11.4 Å². The minimum Gasteiger partial charge on any atom is -0.481 e. The Morgan fingerprint density at radius 2 is 2.24 bits per heavy atom. The van der Waals surface area contributed by atoms with Crippen molar-refractivity contribution in [3.8, 4) is 0 Å². The summed E-state index contributed by atoms with van der Waals surface area (Å²) in [5, 5.41) is 9.45. The van der Waals surface area contributed by atoms with E-state index in [2.05, 4.69) is 15.9 Å². The van der Waals surface area contributed by atoms with Crippen LogP contribution in [0.4, 0.5) is 0 Å². The molecule has 4 heteroatoms. The van der Waals surface area contributed by atoms with Crippen LogP contribution in [0.2, 0.25) is 0 Å². The first-order valence-corrected chi connectivity index (χ1v) is 6.58. The van der Waals surface area contributed by atoms with Gasteiger partial charge >= 0.3 is 5.97 Å². The highest BCUT2D eigenvalue weighted by atomic mass is 79.9. The molecule has 0 radical (unpaired) electrons. The number of aliphatic carboxylic acids is 1. The lowest BCUT2D eigenvalue weighted by molar-refractivity contribution is -0.156. The smallest absolute Gasteiger partial charge is 0.310 e. The Morgan fingerprint density at radius 1 is 1.53 bits per heavy atom. The number of carboxylic acids is 1. The summed E-state index contributed by atoms with van der Waals surface area (Å²) in [5.74, 6) is -0.801. The van der Waals surface area contributed by atoms with Crippen molar-refractivity contribution in [2.24, 2.45) is 11.1 Å². The first-order chi connectivity index (χ1) is 8.10. The number of hydrogen-bond donors (Lipinski definition) is 2. The molecule has 0 heterocycles. The first kappa shape index (κ1) is 12.6. The lowest BCUT2D eigenvalue weighted by atomic mass is 9.59. The van der Waals surface area contributed by atoms with Crippen molar-refractivity contribution in [3.05, 3.63) is 34.3 Å². The Morgan fingerprint density at radius 3 is 2.65 bits per heavy atom. The van der Waals surface area contributed by atoms with Crippen LogP contribution in [0.15, 0.2) is 28.7 Å². The minimum absolute atomic E-state index is 0.0914. The van der Waals surface area contributed by atoms with Crippen molar-refractivity contribution in [2.45, 2.75) is 25.2 Å². The fourth-order valence-electron chi connectivity index (χ4n) is 2.67. The second-order valence-corrected chi connectivity index (χ2v) is 5.57. The number of nitrogens with two attached hydrogens (primary N) is 1. The van der Waals surface area contributed by atoms with Gasteiger partial charge in [0.25, 0.3) is 0 Å². The molecule has 17 heavy (non-hydrogen) atoms. The summed E-state index contributed by atoms with van der Waals surface area (Å²) >= 11 is 3.42. The van der Waals surface area contributed by atoms with Crippen LogP contribution in [0.25, 0.3) is 0 Å². The van der Waals surface area contributed by atoms with Gasteiger partial charge in [0.2, 0.25) is 0 Å². The molecule has 0 spiro atoms. The zero-order chi connectivity index (χ0) is 12.5. The van der Waals surface area contributed by atoms with Gasteiger partial charge in [0.15, 0.2) is 0 Å². The average Bonchev–Trinajstić information content (AvgIpc) is 2.22. The third-order valence-corrected chi connectivity index (χ3v) is 4.32. The second kappa shape index (κ2) is 4.78. The number of carbonyl (C=O) groups is 1. The number of carboxylic acid groups (broad SMARTS) is 1. The maximum Gasteiger partial charge on any atom is 0.310 e. The van der Waals surface area contributed by atoms with Crippen molar-refractivity contribution in [2.75, 3.05) is 6.54 Å². The molecule has 0 saturated heterocycles. The summed E-state index contributed by atoms with van der Waals surface area (Å²) in [7, 11) is 0. The molecular formula is C13H16BrNO2. The van der Waals surface area contributed by atoms with E-state index in [-0.39, 0.29) is 5.92 Å². The van der Waals surface area contributed by atoms with E-state index in [1.54, 1.807) is 0 Å². The van der Waals surface area contributed by atoms with Crippen LogP contribution < -0.4 is 5.73 Å². The summed E-state index contributed by atoms with van der Waals surface area (Å²) in [6, 6.07) is 7.80. The van der Waals surface area contributed by atoms with Gasteiger partial charge in [-0.3, -0.25) is 4.79 Å². The van der Waals surface area contributed by atoms with Gasteiger partial charge in [0, 0.05) is 16.9 Å². The molecule has 1 fully saturated rings. The lowest BCUT2D eigenvalue weighted by Crippen LogP contribution is -2.45. The molecule has 0 amide bonds. The Hall–Kier alpha value is -0.870. The zero-order valence-corrected chi connectivity index (χ0v) is 11.1. The largest absolute Gasteiger partial charge is 0.481 e. The van der Waals surface area contributed by atoms with Crippen molar-refractivity contribution in [3.63, 3.8) is 0 Å². The number of rotatable bonds is 4. The molecule has 0 aliphatic heterocycles. The van der Waals surface area contributed by atoms with E-state index in [4.69, 9.17) is 5.73 Å². The van der Waals surface area contributed by atoms with Crippen LogP contribution in [0.1, 0.15) is 30.7 Å². The van der Waals surface area contributed by atoms with Crippen LogP contribution in [0, 0.1) is 5.41 Å². The standard InChI is InChI=1S/C13H16BrNO2/c14-10-4-1-3-9(7-10)11(8-15)13(12(16)17)5-2-6-13/h1,3-4,7,11H,2,5-6,8,15H2,(H,16,17)/t11-/m0/s1. The van der Waals surface area contributed by atoms with E-state index in [0.29, 0.717) is 6.54 Å². The Labute approximate surface area is 109 Å². The molecule has 1 atom stereocenters. The van der Waals surface area contributed by atoms with Gasteiger partial charge in [-0.15, -0.1) is 0 Å². The third-order valence-electron chi connectivity index (χ3n) is 3.83. The molecule has 3 N–H and O–H groups in total. The number of hydrogen-bond acceptors (Lipinski definition) is 2. The maximum atomic E-state index is 11.5. The van der Waals surface area contributed by atoms with E-state index in [1.165, 1.54) is 0 Å². The first-order valence-electron chi connectivity index (χ1n) is 5.79. The molecule has 1 saturated carbocycles. The van der Waals surface area contributed by atoms with Crippen LogP contribution in [-0.2, 0) is 4.79 Å². The summed E-state index contributed by atoms with van der Waals surface area (Å²) < 4.78 is 0.966. The highest BCUT2D eigenvalue weighted by Crippen LogP contribution is 2.51. The molecule has 2 rings (SSSR count). The highest BCUT2D eigenvalue weighted by molar-refractivity contribution is 9.10. The molecular weight excluding hydrogens is 282 g/mol. The topological polar surface area (TPSA) is 63.3 Å². The highest BCUT2D eigenvalue weighted by Gasteiger charge is 2.50. The molecule has 0 unspecified atom stereocenters. The van der Waals surface area contributed by atoms with Crippen molar-refractivity contribution < 1.29 is 9.90 Å². The Balaban J connectivity index is 2.36. The molecule has 3 nitrogen and oxygen atoms in total. The Kier molecular flexibility index (Phi) is 3.54. The van der Waals surface area contributed by atoms with Crippen LogP contribution in [0.3, 0.4) is 0 Å². The lowest BCUT2D eigenvalue weighted by Gasteiger charge is -2.44. The van der Waals surface area contributed by atoms with E-state index in [9.17, 15) is 9.90 Å². The molecule has 0 aromatic heterocycles. The molecule has 92 valence electrons. The SMILES string of the molecule is NC[C@@H](c1cccc(Br)c1)C1(C(=O)O)CCC1. The quantitative estimate of drug-likeness (QED) is 0.898. The monoisotopic (exact) mass is 297 g/mol. The number of benzene rings is 1. The summed E-state index contributed by atoms with van der Waals surface area (Å²) in [5.41, 5.74) is 6.18. The summed E-state index contributed by atoms with van der Waals surface area (Å²) in [6.45, 7) is 0.378. The van der Waals surface area contributed by atoms with Crippen molar-refractivity contribution in [1.82, 2.24) is 0 Å². The maximum absolute atomic E-state index is 11.5. The molecule has 1 aliphatic rings. The summed E-state index contributed by atoms with van der Waals surface area (Å²) in [4.78, 5) is 11.5. The fourth-order valence-corrected chi connectivity index (χ4v) is 3.09. The van der Waals surface area contributed by atoms with Crippen molar-refractivity contribution >= 4 is 21.9 Å². The van der Waals surface area contributed by atoms with E-state index >= 15 is 0 Å². The van der Waals surface area contributed by atoms with Gasteiger partial charge in [-0.1, -0.05) is 34.5 Å². The summed E-state index contributed by atoms with van der Waals surface area (Å²) in [6.07, 6.45) is 2.45. The number of halogens is 1. The average molecular weight is 298 g/mol. The van der Waals surface area contributed by atoms with E-state index in [1.807, 2.05) is 24.3 Å². The predicted octanol–water partition coefficient (Wildman–Crippen LogP) is 2.75. The van der Waals surface area contributed by atoms with Gasteiger partial charge in [-0.05, 0) is 30.5 Å². The van der Waals surface area contributed by atoms with Crippen LogP contribution in [0.5, 0.6) is 0 Å². The van der Waals surface area contributed by atoms with Gasteiger partial charge in [0.05, 0.1) is 5.41 Å². The van der Waals surface area contributed by atoms with Gasteiger partial charge < -0.3 is 10.8 Å². The minimum atomic E-state index is -0.709. The third kappa shape index (κ3) is 2.11. The van der Waals surface area contributed by atoms with E-state index in [0.717, 1.165) is 29.3 Å².